The van der Waals surface area contributed by atoms with Crippen molar-refractivity contribution in [3.8, 4) is 0 Å². The zero-order chi connectivity index (χ0) is 14.3. The molecule has 3 N–H and O–H groups in total. The van der Waals surface area contributed by atoms with Crippen LogP contribution in [0.25, 0.3) is 0 Å². The van der Waals surface area contributed by atoms with Crippen LogP contribution in [0.4, 0.5) is 4.39 Å². The van der Waals surface area contributed by atoms with Crippen molar-refractivity contribution in [3.63, 3.8) is 0 Å². The lowest BCUT2D eigenvalue weighted by Gasteiger charge is -2.22. The largest absolute Gasteiger partial charge is 0.389 e. The molecule has 19 heavy (non-hydrogen) atoms. The summed E-state index contributed by atoms with van der Waals surface area (Å²) in [6, 6.07) is 6.16. The van der Waals surface area contributed by atoms with Crippen LogP contribution in [0.3, 0.4) is 0 Å². The summed E-state index contributed by atoms with van der Waals surface area (Å²) in [7, 11) is 3.47. The Labute approximate surface area is 114 Å². The molecule has 0 fully saturated rings. The predicted octanol–water partition coefficient (Wildman–Crippen LogP) is 1.15. The highest BCUT2D eigenvalue weighted by atomic mass is 19.1. The average Bonchev–Trinajstić information content (AvgIpc) is 2.36. The molecule has 0 heterocycles. The third-order valence-corrected chi connectivity index (χ3v) is 2.98. The van der Waals surface area contributed by atoms with Crippen molar-refractivity contribution in [1.82, 2.24) is 4.90 Å². The maximum Gasteiger partial charge on any atom is 0.123 e. The van der Waals surface area contributed by atoms with Crippen LogP contribution in [0, 0.1) is 5.82 Å². The molecular weight excluding hydrogens is 247 g/mol. The molecule has 108 valence electrons. The van der Waals surface area contributed by atoms with Gasteiger partial charge in [-0.2, -0.15) is 0 Å². The maximum absolute atomic E-state index is 13.1. The molecule has 0 spiro atoms. The third-order valence-electron chi connectivity index (χ3n) is 2.98. The van der Waals surface area contributed by atoms with Gasteiger partial charge in [-0.15, -0.1) is 0 Å². The highest BCUT2D eigenvalue weighted by Gasteiger charge is 2.11. The molecule has 0 saturated heterocycles. The Morgan fingerprint density at radius 3 is 2.84 bits per heavy atom. The zero-order valence-corrected chi connectivity index (χ0v) is 11.6. The number of nitrogens with two attached hydrogens (primary N) is 1. The van der Waals surface area contributed by atoms with E-state index in [-0.39, 0.29) is 11.9 Å². The Morgan fingerprint density at radius 1 is 1.47 bits per heavy atom. The minimum atomic E-state index is -0.500. The first-order valence-electron chi connectivity index (χ1n) is 6.39. The van der Waals surface area contributed by atoms with Gasteiger partial charge >= 0.3 is 0 Å². The van der Waals surface area contributed by atoms with Gasteiger partial charge in [-0.3, -0.25) is 0 Å². The van der Waals surface area contributed by atoms with Gasteiger partial charge in [-0.05, 0) is 37.7 Å². The van der Waals surface area contributed by atoms with E-state index in [1.807, 2.05) is 18.0 Å². The Morgan fingerprint density at radius 2 is 2.21 bits per heavy atom. The summed E-state index contributed by atoms with van der Waals surface area (Å²) in [6.07, 6.45) is 0.208. The van der Waals surface area contributed by atoms with Crippen molar-refractivity contribution >= 4 is 0 Å². The molecule has 0 radical (unpaired) electrons. The number of rotatable bonds is 8. The van der Waals surface area contributed by atoms with Crippen LogP contribution in [0.15, 0.2) is 24.3 Å². The normalized spacial score (nSPS) is 14.6. The smallest absolute Gasteiger partial charge is 0.123 e. The highest BCUT2D eigenvalue weighted by molar-refractivity contribution is 5.19. The minimum Gasteiger partial charge on any atom is -0.389 e. The second kappa shape index (κ2) is 8.22. The monoisotopic (exact) mass is 270 g/mol. The van der Waals surface area contributed by atoms with E-state index in [0.717, 1.165) is 12.1 Å². The quantitative estimate of drug-likeness (QED) is 0.744. The summed E-state index contributed by atoms with van der Waals surface area (Å²) in [5, 5.41) is 9.59. The summed E-state index contributed by atoms with van der Waals surface area (Å²) in [5.41, 5.74) is 6.82. The van der Waals surface area contributed by atoms with E-state index in [1.165, 1.54) is 12.1 Å². The molecule has 0 aliphatic heterocycles. The third kappa shape index (κ3) is 6.11. The molecule has 0 bridgehead atoms. The number of nitrogens with zero attached hydrogens (tertiary/aromatic N) is 1. The number of benzene rings is 1. The fourth-order valence-corrected chi connectivity index (χ4v) is 1.96. The van der Waals surface area contributed by atoms with E-state index >= 15 is 0 Å². The molecule has 0 saturated carbocycles. The number of methoxy groups -OCH3 is 1. The Kier molecular flexibility index (Phi) is 6.94. The summed E-state index contributed by atoms with van der Waals surface area (Å²) < 4.78 is 17.9. The first kappa shape index (κ1) is 16.0. The van der Waals surface area contributed by atoms with Crippen molar-refractivity contribution in [3.05, 3.63) is 35.6 Å². The van der Waals surface area contributed by atoms with Crippen molar-refractivity contribution in [2.75, 3.05) is 33.9 Å². The molecule has 0 aliphatic carbocycles. The second-order valence-corrected chi connectivity index (χ2v) is 4.82. The van der Waals surface area contributed by atoms with Crippen molar-refractivity contribution < 1.29 is 14.2 Å². The average molecular weight is 270 g/mol. The van der Waals surface area contributed by atoms with Gasteiger partial charge in [0.15, 0.2) is 0 Å². The molecule has 5 heteroatoms. The topological polar surface area (TPSA) is 58.7 Å². The van der Waals surface area contributed by atoms with E-state index in [2.05, 4.69) is 0 Å². The van der Waals surface area contributed by atoms with E-state index in [0.29, 0.717) is 19.6 Å². The van der Waals surface area contributed by atoms with Gasteiger partial charge in [-0.1, -0.05) is 12.1 Å². The zero-order valence-electron chi connectivity index (χ0n) is 11.6. The Hall–Kier alpha value is -1.01. The number of halogens is 1. The lowest BCUT2D eigenvalue weighted by molar-refractivity contribution is 0.0428. The molecular formula is C14H23FN2O2. The highest BCUT2D eigenvalue weighted by Crippen LogP contribution is 2.15. The van der Waals surface area contributed by atoms with Gasteiger partial charge in [0.1, 0.15) is 5.82 Å². The van der Waals surface area contributed by atoms with Crippen LogP contribution in [-0.4, -0.2) is 50.0 Å². The van der Waals surface area contributed by atoms with Crippen LogP contribution in [0.1, 0.15) is 18.0 Å². The number of aliphatic hydroxyl groups excluding tert-OH is 1. The fraction of sp³-hybridized carbons (Fsp3) is 0.571. The molecule has 1 aromatic carbocycles. The number of ether oxygens (including phenoxy) is 1. The molecule has 2 unspecified atom stereocenters. The van der Waals surface area contributed by atoms with Gasteiger partial charge in [0, 0.05) is 19.7 Å². The first-order valence-corrected chi connectivity index (χ1v) is 6.39. The first-order chi connectivity index (χ1) is 9.02. The van der Waals surface area contributed by atoms with Gasteiger partial charge in [-0.25, -0.2) is 4.39 Å². The van der Waals surface area contributed by atoms with E-state index in [4.69, 9.17) is 10.5 Å². The summed E-state index contributed by atoms with van der Waals surface area (Å²) in [5.74, 6) is -0.267. The van der Waals surface area contributed by atoms with Crippen molar-refractivity contribution in [2.45, 2.75) is 18.6 Å². The van der Waals surface area contributed by atoms with Crippen LogP contribution >= 0.6 is 0 Å². The number of aliphatic hydroxyl groups is 1. The minimum absolute atomic E-state index is 0.197. The molecule has 4 nitrogen and oxygen atoms in total. The molecule has 2 atom stereocenters. The van der Waals surface area contributed by atoms with E-state index < -0.39 is 6.10 Å². The molecule has 1 aromatic rings. The number of likely N-dealkylation sites (N-methyl/N-ethyl adjacent to an activating group) is 1. The van der Waals surface area contributed by atoms with Gasteiger partial charge in [0.2, 0.25) is 0 Å². The van der Waals surface area contributed by atoms with Crippen molar-refractivity contribution in [2.24, 2.45) is 5.73 Å². The van der Waals surface area contributed by atoms with Gasteiger partial charge < -0.3 is 20.5 Å². The van der Waals surface area contributed by atoms with Crippen LogP contribution < -0.4 is 5.73 Å². The fourth-order valence-electron chi connectivity index (χ4n) is 1.96. The van der Waals surface area contributed by atoms with Crippen LogP contribution in [-0.2, 0) is 4.74 Å². The summed E-state index contributed by atoms with van der Waals surface area (Å²) in [6.45, 7) is 1.59. The van der Waals surface area contributed by atoms with Gasteiger partial charge in [0.05, 0.1) is 12.7 Å². The second-order valence-electron chi connectivity index (χ2n) is 4.82. The lowest BCUT2D eigenvalue weighted by Crippen LogP contribution is -2.33. The predicted molar refractivity (Wildman–Crippen MR) is 73.3 cm³/mol. The SMILES string of the molecule is COCC(O)CN(C)CCC(N)c1cccc(F)c1. The Balaban J connectivity index is 2.35. The summed E-state index contributed by atoms with van der Waals surface area (Å²) >= 11 is 0. The number of hydrogen-bond acceptors (Lipinski definition) is 4. The lowest BCUT2D eigenvalue weighted by atomic mass is 10.0. The molecule has 0 aromatic heterocycles. The molecule has 1 rings (SSSR count). The number of hydrogen-bond donors (Lipinski definition) is 2. The molecule has 0 aliphatic rings. The van der Waals surface area contributed by atoms with Gasteiger partial charge in [0.25, 0.3) is 0 Å². The van der Waals surface area contributed by atoms with E-state index in [1.54, 1.807) is 13.2 Å². The standard InChI is InChI=1S/C14H23FN2O2/c1-17(9-13(18)10-19-2)7-6-14(16)11-4-3-5-12(15)8-11/h3-5,8,13-14,18H,6-7,9-10,16H2,1-2H3. The maximum atomic E-state index is 13.1. The molecule has 0 amide bonds. The van der Waals surface area contributed by atoms with Crippen LogP contribution in [0.2, 0.25) is 0 Å². The van der Waals surface area contributed by atoms with Crippen molar-refractivity contribution in [1.29, 1.82) is 0 Å². The van der Waals surface area contributed by atoms with E-state index in [9.17, 15) is 9.50 Å². The summed E-state index contributed by atoms with van der Waals surface area (Å²) in [4.78, 5) is 1.99. The van der Waals surface area contributed by atoms with Crippen LogP contribution in [0.5, 0.6) is 0 Å². The Bertz CT molecular complexity index is 376.